The van der Waals surface area contributed by atoms with Gasteiger partial charge in [-0.05, 0) is 18.1 Å². The molecule has 1 rings (SSSR count). The summed E-state index contributed by atoms with van der Waals surface area (Å²) in [5.74, 6) is 0.284. The highest BCUT2D eigenvalue weighted by atomic mass is 79.9. The molecular formula is C17H27BrO. The first-order valence-electron chi connectivity index (χ1n) is 7.64. The Hall–Kier alpha value is -0.340. The van der Waals surface area contributed by atoms with Crippen molar-refractivity contribution < 1.29 is 5.11 Å². The molecule has 1 nitrogen and oxygen atoms in total. The fraction of sp³-hybridized carbons (Fsp3) is 0.647. The van der Waals surface area contributed by atoms with E-state index in [9.17, 15) is 5.11 Å². The van der Waals surface area contributed by atoms with Gasteiger partial charge in [0.05, 0.1) is 0 Å². The summed E-state index contributed by atoms with van der Waals surface area (Å²) in [7, 11) is 0. The Labute approximate surface area is 126 Å². The van der Waals surface area contributed by atoms with Crippen LogP contribution in [0.15, 0.2) is 28.7 Å². The van der Waals surface area contributed by atoms with Gasteiger partial charge in [-0.25, -0.2) is 0 Å². The number of unbranched alkanes of at least 4 members (excludes halogenated alkanes) is 6. The van der Waals surface area contributed by atoms with Crippen molar-refractivity contribution in [1.29, 1.82) is 0 Å². The van der Waals surface area contributed by atoms with Gasteiger partial charge in [-0.2, -0.15) is 0 Å². The van der Waals surface area contributed by atoms with E-state index >= 15 is 0 Å². The van der Waals surface area contributed by atoms with Crippen LogP contribution in [0, 0.1) is 0 Å². The van der Waals surface area contributed by atoms with Crippen molar-refractivity contribution >= 4 is 15.9 Å². The standard InChI is InChI=1S/C17H27BrO/c1-2-3-4-5-6-7-8-11-15(14-19)16-12-9-10-13-17(16)18/h9-10,12-13,15,19H,2-8,11,14H2,1H3. The van der Waals surface area contributed by atoms with Gasteiger partial charge in [0.15, 0.2) is 0 Å². The molecule has 1 unspecified atom stereocenters. The molecule has 0 aliphatic rings. The van der Waals surface area contributed by atoms with Gasteiger partial charge in [-0.1, -0.05) is 86.0 Å². The second-order valence-corrected chi connectivity index (χ2v) is 6.17. The van der Waals surface area contributed by atoms with Crippen LogP contribution in [0.2, 0.25) is 0 Å². The summed E-state index contributed by atoms with van der Waals surface area (Å²) in [6, 6.07) is 8.25. The minimum atomic E-state index is 0.248. The lowest BCUT2D eigenvalue weighted by Crippen LogP contribution is -2.05. The van der Waals surface area contributed by atoms with E-state index in [0.29, 0.717) is 0 Å². The molecule has 0 saturated heterocycles. The number of aliphatic hydroxyl groups excluding tert-OH is 1. The minimum absolute atomic E-state index is 0.248. The Kier molecular flexibility index (Phi) is 9.19. The molecule has 0 radical (unpaired) electrons. The first kappa shape index (κ1) is 16.7. The maximum atomic E-state index is 9.56. The molecular weight excluding hydrogens is 300 g/mol. The Morgan fingerprint density at radius 1 is 1.00 bits per heavy atom. The molecule has 0 heterocycles. The molecule has 0 spiro atoms. The largest absolute Gasteiger partial charge is 0.396 e. The highest BCUT2D eigenvalue weighted by Gasteiger charge is 2.12. The van der Waals surface area contributed by atoms with Crippen LogP contribution in [0.1, 0.15) is 69.8 Å². The topological polar surface area (TPSA) is 20.2 Å². The molecule has 108 valence electrons. The second kappa shape index (κ2) is 10.4. The van der Waals surface area contributed by atoms with Crippen LogP contribution in [0.3, 0.4) is 0 Å². The molecule has 19 heavy (non-hydrogen) atoms. The molecule has 0 fully saturated rings. The van der Waals surface area contributed by atoms with E-state index < -0.39 is 0 Å². The van der Waals surface area contributed by atoms with E-state index in [1.807, 2.05) is 12.1 Å². The Balaban J connectivity index is 2.24. The van der Waals surface area contributed by atoms with Crippen LogP contribution < -0.4 is 0 Å². The highest BCUT2D eigenvalue weighted by molar-refractivity contribution is 9.10. The van der Waals surface area contributed by atoms with Crippen LogP contribution in [0.25, 0.3) is 0 Å². The Morgan fingerprint density at radius 3 is 2.26 bits per heavy atom. The first-order chi connectivity index (χ1) is 9.29. The van der Waals surface area contributed by atoms with E-state index in [2.05, 4.69) is 35.0 Å². The summed E-state index contributed by atoms with van der Waals surface area (Å²) in [6.07, 6.45) is 10.4. The number of halogens is 1. The molecule has 0 saturated carbocycles. The molecule has 2 heteroatoms. The third-order valence-corrected chi connectivity index (χ3v) is 4.44. The zero-order chi connectivity index (χ0) is 13.9. The fourth-order valence-electron chi connectivity index (χ4n) is 2.50. The zero-order valence-electron chi connectivity index (χ0n) is 12.1. The highest BCUT2D eigenvalue weighted by Crippen LogP contribution is 2.28. The average molecular weight is 327 g/mol. The maximum absolute atomic E-state index is 9.56. The molecule has 1 aromatic carbocycles. The summed E-state index contributed by atoms with van der Waals surface area (Å²) < 4.78 is 1.12. The molecule has 0 bridgehead atoms. The smallest absolute Gasteiger partial charge is 0.0500 e. The van der Waals surface area contributed by atoms with Gasteiger partial charge in [-0.3, -0.25) is 0 Å². The minimum Gasteiger partial charge on any atom is -0.396 e. The first-order valence-corrected chi connectivity index (χ1v) is 8.44. The molecule has 0 aliphatic carbocycles. The third kappa shape index (κ3) is 6.58. The number of hydrogen-bond acceptors (Lipinski definition) is 1. The quantitative estimate of drug-likeness (QED) is 0.549. The van der Waals surface area contributed by atoms with E-state index in [1.165, 1.54) is 50.5 Å². The van der Waals surface area contributed by atoms with Crippen molar-refractivity contribution in [2.45, 2.75) is 64.2 Å². The second-order valence-electron chi connectivity index (χ2n) is 5.31. The molecule has 0 amide bonds. The molecule has 0 aromatic heterocycles. The van der Waals surface area contributed by atoms with Crippen LogP contribution in [-0.4, -0.2) is 11.7 Å². The number of aliphatic hydroxyl groups is 1. The maximum Gasteiger partial charge on any atom is 0.0500 e. The summed E-state index contributed by atoms with van der Waals surface area (Å²) in [5, 5.41) is 9.56. The number of benzene rings is 1. The van der Waals surface area contributed by atoms with Gasteiger partial charge in [0.25, 0.3) is 0 Å². The molecule has 1 atom stereocenters. The predicted molar refractivity (Wildman–Crippen MR) is 86.6 cm³/mol. The van der Waals surface area contributed by atoms with Crippen molar-refractivity contribution in [2.24, 2.45) is 0 Å². The summed E-state index contributed by atoms with van der Waals surface area (Å²) >= 11 is 3.58. The summed E-state index contributed by atoms with van der Waals surface area (Å²) in [5.41, 5.74) is 1.25. The van der Waals surface area contributed by atoms with Gasteiger partial charge >= 0.3 is 0 Å². The van der Waals surface area contributed by atoms with E-state index in [-0.39, 0.29) is 12.5 Å². The van der Waals surface area contributed by atoms with Crippen LogP contribution >= 0.6 is 15.9 Å². The lowest BCUT2D eigenvalue weighted by molar-refractivity contribution is 0.256. The molecule has 1 aromatic rings. The molecule has 1 N–H and O–H groups in total. The zero-order valence-corrected chi connectivity index (χ0v) is 13.7. The van der Waals surface area contributed by atoms with E-state index in [0.717, 1.165) is 10.9 Å². The normalized spacial score (nSPS) is 12.6. The SMILES string of the molecule is CCCCCCCCCC(CO)c1ccccc1Br. The lowest BCUT2D eigenvalue weighted by Gasteiger charge is -2.16. The summed E-state index contributed by atoms with van der Waals surface area (Å²) in [4.78, 5) is 0. The number of hydrogen-bond donors (Lipinski definition) is 1. The van der Waals surface area contributed by atoms with Crippen molar-refractivity contribution in [1.82, 2.24) is 0 Å². The average Bonchev–Trinajstić information content (AvgIpc) is 2.43. The van der Waals surface area contributed by atoms with Gasteiger partial charge < -0.3 is 5.11 Å². The lowest BCUT2D eigenvalue weighted by atomic mass is 9.93. The van der Waals surface area contributed by atoms with E-state index in [1.54, 1.807) is 0 Å². The van der Waals surface area contributed by atoms with Gasteiger partial charge in [0, 0.05) is 17.0 Å². The van der Waals surface area contributed by atoms with E-state index in [4.69, 9.17) is 0 Å². The van der Waals surface area contributed by atoms with Crippen molar-refractivity contribution in [3.63, 3.8) is 0 Å². The summed E-state index contributed by atoms with van der Waals surface area (Å²) in [6.45, 7) is 2.50. The van der Waals surface area contributed by atoms with Gasteiger partial charge in [-0.15, -0.1) is 0 Å². The predicted octanol–water partition coefficient (Wildman–Crippen LogP) is 5.67. The third-order valence-electron chi connectivity index (χ3n) is 3.72. The molecule has 0 aliphatic heterocycles. The van der Waals surface area contributed by atoms with Crippen molar-refractivity contribution in [3.8, 4) is 0 Å². The van der Waals surface area contributed by atoms with Crippen LogP contribution in [-0.2, 0) is 0 Å². The Morgan fingerprint density at radius 2 is 1.63 bits per heavy atom. The van der Waals surface area contributed by atoms with Gasteiger partial charge in [0.2, 0.25) is 0 Å². The van der Waals surface area contributed by atoms with Crippen molar-refractivity contribution in [3.05, 3.63) is 34.3 Å². The monoisotopic (exact) mass is 326 g/mol. The van der Waals surface area contributed by atoms with Crippen LogP contribution in [0.4, 0.5) is 0 Å². The Bertz CT molecular complexity index is 338. The van der Waals surface area contributed by atoms with Crippen molar-refractivity contribution in [2.75, 3.05) is 6.61 Å². The van der Waals surface area contributed by atoms with Crippen LogP contribution in [0.5, 0.6) is 0 Å². The fourth-order valence-corrected chi connectivity index (χ4v) is 3.11. The van der Waals surface area contributed by atoms with Gasteiger partial charge in [0.1, 0.15) is 0 Å². The number of rotatable bonds is 10.